The fourth-order valence-corrected chi connectivity index (χ4v) is 2.81. The van der Waals surface area contributed by atoms with E-state index >= 15 is 0 Å². The highest BCUT2D eigenvalue weighted by molar-refractivity contribution is 4.81. The van der Waals surface area contributed by atoms with Crippen LogP contribution in [0.4, 0.5) is 0 Å². The van der Waals surface area contributed by atoms with Gasteiger partial charge in [-0.15, -0.1) is 0 Å². The molecule has 1 N–H and O–H groups in total. The van der Waals surface area contributed by atoms with E-state index < -0.39 is 0 Å². The second-order valence-corrected chi connectivity index (χ2v) is 6.59. The molecule has 0 aromatic rings. The molecule has 1 aliphatic rings. The molecule has 2 unspecified atom stereocenters. The Morgan fingerprint density at radius 1 is 1.00 bits per heavy atom. The fraction of sp³-hybridized carbons (Fsp3) is 1.00. The van der Waals surface area contributed by atoms with Crippen LogP contribution in [0.2, 0.25) is 0 Å². The van der Waals surface area contributed by atoms with Crippen LogP contribution in [-0.4, -0.2) is 12.1 Å². The van der Waals surface area contributed by atoms with Crippen molar-refractivity contribution in [3.05, 3.63) is 0 Å². The second kappa shape index (κ2) is 5.34. The normalized spacial score (nSPS) is 29.2. The van der Waals surface area contributed by atoms with Crippen LogP contribution in [0.5, 0.6) is 0 Å². The first-order chi connectivity index (χ1) is 6.89. The van der Waals surface area contributed by atoms with Gasteiger partial charge in [-0.05, 0) is 37.0 Å². The van der Waals surface area contributed by atoms with Gasteiger partial charge in [0.1, 0.15) is 0 Å². The van der Waals surface area contributed by atoms with Crippen molar-refractivity contribution in [3.63, 3.8) is 0 Å². The fourth-order valence-electron chi connectivity index (χ4n) is 2.81. The quantitative estimate of drug-likeness (QED) is 0.681. The van der Waals surface area contributed by atoms with E-state index in [2.05, 4.69) is 39.9 Å². The Morgan fingerprint density at radius 2 is 1.67 bits per heavy atom. The van der Waals surface area contributed by atoms with E-state index in [1.807, 2.05) is 0 Å². The Labute approximate surface area is 96.0 Å². The van der Waals surface area contributed by atoms with E-state index in [9.17, 15) is 0 Å². The van der Waals surface area contributed by atoms with E-state index in [1.165, 1.54) is 32.1 Å². The third-order valence-corrected chi connectivity index (χ3v) is 3.76. The van der Waals surface area contributed by atoms with Crippen molar-refractivity contribution < 1.29 is 0 Å². The minimum atomic E-state index is 0.507. The van der Waals surface area contributed by atoms with Crippen LogP contribution in [-0.2, 0) is 0 Å². The summed E-state index contributed by atoms with van der Waals surface area (Å²) in [5, 5.41) is 3.69. The molecule has 1 fully saturated rings. The van der Waals surface area contributed by atoms with Crippen LogP contribution in [0.1, 0.15) is 66.7 Å². The summed E-state index contributed by atoms with van der Waals surface area (Å²) in [6, 6.07) is 1.42. The van der Waals surface area contributed by atoms with Crippen molar-refractivity contribution in [3.8, 4) is 0 Å². The van der Waals surface area contributed by atoms with Gasteiger partial charge in [0.15, 0.2) is 0 Å². The van der Waals surface area contributed by atoms with Gasteiger partial charge in [0.2, 0.25) is 0 Å². The van der Waals surface area contributed by atoms with Crippen LogP contribution in [0.3, 0.4) is 0 Å². The molecule has 0 spiro atoms. The first-order valence-corrected chi connectivity index (χ1v) is 6.65. The molecule has 1 saturated carbocycles. The van der Waals surface area contributed by atoms with Gasteiger partial charge in [-0.25, -0.2) is 0 Å². The van der Waals surface area contributed by atoms with Crippen LogP contribution < -0.4 is 5.32 Å². The van der Waals surface area contributed by atoms with Gasteiger partial charge >= 0.3 is 0 Å². The first-order valence-electron chi connectivity index (χ1n) is 6.65. The van der Waals surface area contributed by atoms with Gasteiger partial charge in [-0.3, -0.25) is 0 Å². The monoisotopic (exact) mass is 211 g/mol. The first kappa shape index (κ1) is 13.0. The molecule has 2 atom stereocenters. The molecular formula is C14H29N. The lowest BCUT2D eigenvalue weighted by atomic mass is 9.76. The molecule has 0 radical (unpaired) electrons. The second-order valence-electron chi connectivity index (χ2n) is 6.59. The Morgan fingerprint density at radius 3 is 2.20 bits per heavy atom. The van der Waals surface area contributed by atoms with Gasteiger partial charge in [0.05, 0.1) is 0 Å². The summed E-state index contributed by atoms with van der Waals surface area (Å²) >= 11 is 0. The summed E-state index contributed by atoms with van der Waals surface area (Å²) in [5.41, 5.74) is 0.507. The van der Waals surface area contributed by atoms with Crippen LogP contribution >= 0.6 is 0 Å². The molecule has 0 bridgehead atoms. The third-order valence-electron chi connectivity index (χ3n) is 3.76. The predicted octanol–water partition coefficient (Wildman–Crippen LogP) is 3.98. The van der Waals surface area contributed by atoms with Crippen molar-refractivity contribution in [2.75, 3.05) is 0 Å². The highest BCUT2D eigenvalue weighted by Crippen LogP contribution is 2.36. The molecule has 0 aromatic heterocycles. The summed E-state index contributed by atoms with van der Waals surface area (Å²) in [6.07, 6.45) is 7.00. The molecule has 0 aliphatic heterocycles. The molecule has 1 aliphatic carbocycles. The molecule has 0 saturated heterocycles. The van der Waals surface area contributed by atoms with Crippen LogP contribution in [0, 0.1) is 11.3 Å². The summed E-state index contributed by atoms with van der Waals surface area (Å²) < 4.78 is 0. The van der Waals surface area contributed by atoms with Gasteiger partial charge in [-0.2, -0.15) is 0 Å². The molecule has 0 amide bonds. The van der Waals surface area contributed by atoms with Crippen LogP contribution in [0.25, 0.3) is 0 Å². The molecule has 0 heterocycles. The minimum absolute atomic E-state index is 0.507. The zero-order valence-electron chi connectivity index (χ0n) is 11.3. The number of nitrogens with one attached hydrogen (secondary N) is 1. The Kier molecular flexibility index (Phi) is 4.64. The standard InChI is InChI=1S/C14H29N/c1-11(2)15-13-8-6-7-12(9-10-13)14(3,4)5/h11-13,15H,6-10H2,1-5H3. The lowest BCUT2D eigenvalue weighted by Crippen LogP contribution is -2.34. The zero-order valence-corrected chi connectivity index (χ0v) is 11.3. The Balaban J connectivity index is 2.42. The number of rotatable bonds is 2. The lowest BCUT2D eigenvalue weighted by molar-refractivity contribution is 0.213. The maximum atomic E-state index is 3.69. The third kappa shape index (κ3) is 4.55. The van der Waals surface area contributed by atoms with E-state index in [0.717, 1.165) is 12.0 Å². The topological polar surface area (TPSA) is 12.0 Å². The van der Waals surface area contributed by atoms with E-state index in [0.29, 0.717) is 11.5 Å². The minimum Gasteiger partial charge on any atom is -0.312 e. The smallest absolute Gasteiger partial charge is 0.00695 e. The molecule has 0 aromatic carbocycles. The summed E-state index contributed by atoms with van der Waals surface area (Å²) in [5.74, 6) is 0.927. The van der Waals surface area contributed by atoms with Gasteiger partial charge in [0.25, 0.3) is 0 Å². The van der Waals surface area contributed by atoms with E-state index in [1.54, 1.807) is 0 Å². The predicted molar refractivity (Wildman–Crippen MR) is 68.1 cm³/mol. The molecular weight excluding hydrogens is 182 g/mol. The summed E-state index contributed by atoms with van der Waals surface area (Å²) in [4.78, 5) is 0. The maximum Gasteiger partial charge on any atom is 0.00695 e. The van der Waals surface area contributed by atoms with E-state index in [4.69, 9.17) is 0 Å². The highest BCUT2D eigenvalue weighted by Gasteiger charge is 2.27. The average molecular weight is 211 g/mol. The highest BCUT2D eigenvalue weighted by atomic mass is 14.9. The zero-order chi connectivity index (χ0) is 11.5. The van der Waals surface area contributed by atoms with Crippen molar-refractivity contribution >= 4 is 0 Å². The largest absolute Gasteiger partial charge is 0.312 e. The molecule has 15 heavy (non-hydrogen) atoms. The molecule has 1 nitrogen and oxygen atoms in total. The number of hydrogen-bond donors (Lipinski definition) is 1. The van der Waals surface area contributed by atoms with Crippen LogP contribution in [0.15, 0.2) is 0 Å². The molecule has 90 valence electrons. The SMILES string of the molecule is CC(C)NC1CCCC(C(C)(C)C)CC1. The van der Waals surface area contributed by atoms with Crippen molar-refractivity contribution in [2.45, 2.75) is 78.8 Å². The summed E-state index contributed by atoms with van der Waals surface area (Å²) in [6.45, 7) is 11.7. The Bertz CT molecular complexity index is 178. The van der Waals surface area contributed by atoms with Gasteiger partial charge < -0.3 is 5.32 Å². The maximum absolute atomic E-state index is 3.69. The van der Waals surface area contributed by atoms with Crippen molar-refractivity contribution in [1.29, 1.82) is 0 Å². The van der Waals surface area contributed by atoms with Crippen molar-refractivity contribution in [2.24, 2.45) is 11.3 Å². The lowest BCUT2D eigenvalue weighted by Gasteiger charge is -2.29. The number of hydrogen-bond acceptors (Lipinski definition) is 1. The van der Waals surface area contributed by atoms with Gasteiger partial charge in [0, 0.05) is 12.1 Å². The van der Waals surface area contributed by atoms with E-state index in [-0.39, 0.29) is 0 Å². The molecule has 1 rings (SSSR count). The average Bonchev–Trinajstić information content (AvgIpc) is 2.27. The summed E-state index contributed by atoms with van der Waals surface area (Å²) in [7, 11) is 0. The van der Waals surface area contributed by atoms with Crippen molar-refractivity contribution in [1.82, 2.24) is 5.32 Å². The van der Waals surface area contributed by atoms with Gasteiger partial charge in [-0.1, -0.05) is 41.0 Å². The Hall–Kier alpha value is -0.0400. The molecule has 1 heteroatoms.